The normalized spacial score (nSPS) is 20.1. The second kappa shape index (κ2) is 5.80. The van der Waals surface area contributed by atoms with Crippen molar-refractivity contribution in [2.75, 3.05) is 13.2 Å². The third kappa shape index (κ3) is 3.54. The van der Waals surface area contributed by atoms with Crippen LogP contribution < -0.4 is 5.32 Å². The third-order valence-electron chi connectivity index (χ3n) is 2.96. The largest absolute Gasteiger partial charge is 0.478 e. The van der Waals surface area contributed by atoms with Crippen LogP contribution in [0.1, 0.15) is 28.8 Å². The molecule has 1 aromatic rings. The van der Waals surface area contributed by atoms with E-state index in [0.29, 0.717) is 11.6 Å². The maximum atomic E-state index is 10.7. The molecule has 1 unspecified atom stereocenters. The first-order valence-corrected chi connectivity index (χ1v) is 5.89. The molecule has 0 aliphatic carbocycles. The molecule has 2 N–H and O–H groups in total. The molecule has 0 amide bonds. The van der Waals surface area contributed by atoms with E-state index in [-0.39, 0.29) is 0 Å². The topological polar surface area (TPSA) is 58.6 Å². The number of carboxylic acid groups (broad SMARTS) is 1. The molecule has 17 heavy (non-hydrogen) atoms. The number of rotatable bonds is 4. The summed E-state index contributed by atoms with van der Waals surface area (Å²) in [5.41, 5.74) is 1.43. The molecule has 2 rings (SSSR count). The Morgan fingerprint density at radius 1 is 1.41 bits per heavy atom. The highest BCUT2D eigenvalue weighted by Gasteiger charge is 2.12. The van der Waals surface area contributed by atoms with Crippen LogP contribution in [0.2, 0.25) is 0 Å². The van der Waals surface area contributed by atoms with Crippen molar-refractivity contribution in [2.45, 2.75) is 25.4 Å². The van der Waals surface area contributed by atoms with E-state index in [9.17, 15) is 4.79 Å². The van der Waals surface area contributed by atoms with Crippen LogP contribution >= 0.6 is 0 Å². The lowest BCUT2D eigenvalue weighted by atomic mass is 10.1. The first-order valence-electron chi connectivity index (χ1n) is 5.89. The van der Waals surface area contributed by atoms with Crippen molar-refractivity contribution < 1.29 is 14.6 Å². The number of hydrogen-bond donors (Lipinski definition) is 2. The maximum absolute atomic E-state index is 10.7. The van der Waals surface area contributed by atoms with Gasteiger partial charge in [-0.25, -0.2) is 4.79 Å². The Morgan fingerprint density at radius 2 is 2.18 bits per heavy atom. The van der Waals surface area contributed by atoms with Gasteiger partial charge in [-0.3, -0.25) is 0 Å². The van der Waals surface area contributed by atoms with Gasteiger partial charge in [0.25, 0.3) is 0 Å². The highest BCUT2D eigenvalue weighted by Crippen LogP contribution is 2.08. The number of hydrogen-bond acceptors (Lipinski definition) is 3. The first kappa shape index (κ1) is 12.1. The van der Waals surface area contributed by atoms with Crippen molar-refractivity contribution in [3.8, 4) is 0 Å². The average Bonchev–Trinajstić information content (AvgIpc) is 2.38. The number of nitrogens with one attached hydrogen (secondary N) is 1. The summed E-state index contributed by atoms with van der Waals surface area (Å²) in [5.74, 6) is -0.884. The van der Waals surface area contributed by atoms with Gasteiger partial charge in [0, 0.05) is 19.2 Å². The number of benzene rings is 1. The van der Waals surface area contributed by atoms with E-state index < -0.39 is 5.97 Å². The average molecular weight is 235 g/mol. The molecule has 0 saturated carbocycles. The molecule has 1 aliphatic heterocycles. The number of ether oxygens (including phenoxy) is 1. The molecule has 1 aromatic carbocycles. The summed E-state index contributed by atoms with van der Waals surface area (Å²) in [6.07, 6.45) is 2.25. The van der Waals surface area contributed by atoms with Crippen molar-refractivity contribution in [1.82, 2.24) is 5.32 Å². The molecule has 1 aliphatic rings. The summed E-state index contributed by atoms with van der Waals surface area (Å²) in [5, 5.41) is 12.2. The molecule has 4 heteroatoms. The lowest BCUT2D eigenvalue weighted by Gasteiger charge is -2.23. The van der Waals surface area contributed by atoms with Gasteiger partial charge >= 0.3 is 5.97 Å². The van der Waals surface area contributed by atoms with Crippen LogP contribution in [0.5, 0.6) is 0 Å². The van der Waals surface area contributed by atoms with Gasteiger partial charge in [0.2, 0.25) is 0 Å². The highest BCUT2D eigenvalue weighted by atomic mass is 16.5. The highest BCUT2D eigenvalue weighted by molar-refractivity contribution is 5.87. The molecule has 1 heterocycles. The van der Waals surface area contributed by atoms with E-state index in [0.717, 1.165) is 38.2 Å². The van der Waals surface area contributed by atoms with E-state index >= 15 is 0 Å². The van der Waals surface area contributed by atoms with Crippen molar-refractivity contribution >= 4 is 5.97 Å². The van der Waals surface area contributed by atoms with Crippen molar-refractivity contribution in [2.24, 2.45) is 0 Å². The zero-order valence-electron chi connectivity index (χ0n) is 9.69. The monoisotopic (exact) mass is 235 g/mol. The minimum absolute atomic E-state index is 0.328. The Morgan fingerprint density at radius 3 is 2.76 bits per heavy atom. The second-order valence-electron chi connectivity index (χ2n) is 4.30. The van der Waals surface area contributed by atoms with Crippen LogP contribution in [0, 0.1) is 0 Å². The summed E-state index contributed by atoms with van der Waals surface area (Å²) in [4.78, 5) is 10.7. The fraction of sp³-hybridized carbons (Fsp3) is 0.462. The van der Waals surface area contributed by atoms with E-state index in [2.05, 4.69) is 5.32 Å². The molecule has 1 fully saturated rings. The van der Waals surface area contributed by atoms with Crippen molar-refractivity contribution in [3.63, 3.8) is 0 Å². The lowest BCUT2D eigenvalue weighted by Crippen LogP contribution is -2.36. The summed E-state index contributed by atoms with van der Waals surface area (Å²) >= 11 is 0. The van der Waals surface area contributed by atoms with Crippen LogP contribution in [0.3, 0.4) is 0 Å². The van der Waals surface area contributed by atoms with Gasteiger partial charge < -0.3 is 15.2 Å². The molecule has 0 aromatic heterocycles. The molecule has 92 valence electrons. The Bertz CT molecular complexity index is 369. The standard InChI is InChI=1S/C13H17NO3/c15-13(16)11-5-3-10(4-6-11)8-14-12-2-1-7-17-9-12/h3-6,12,14H,1-2,7-9H2,(H,15,16). The predicted molar refractivity (Wildman–Crippen MR) is 64.1 cm³/mol. The number of carboxylic acids is 1. The minimum Gasteiger partial charge on any atom is -0.478 e. The van der Waals surface area contributed by atoms with Gasteiger partial charge in [0.05, 0.1) is 12.2 Å². The quantitative estimate of drug-likeness (QED) is 0.833. The number of aromatic carboxylic acids is 1. The summed E-state index contributed by atoms with van der Waals surface area (Å²) in [6, 6.07) is 7.39. The third-order valence-corrected chi connectivity index (χ3v) is 2.96. The number of carbonyl (C=O) groups is 1. The van der Waals surface area contributed by atoms with Crippen LogP contribution in [0.25, 0.3) is 0 Å². The summed E-state index contributed by atoms with van der Waals surface area (Å²) in [6.45, 7) is 2.40. The molecule has 1 atom stereocenters. The van der Waals surface area contributed by atoms with Gasteiger partial charge in [0.1, 0.15) is 0 Å². The Balaban J connectivity index is 1.84. The van der Waals surface area contributed by atoms with E-state index in [1.807, 2.05) is 12.1 Å². The van der Waals surface area contributed by atoms with Crippen LogP contribution in [-0.2, 0) is 11.3 Å². The minimum atomic E-state index is -0.884. The Labute approximate surface area is 101 Å². The fourth-order valence-electron chi connectivity index (χ4n) is 1.93. The molecular formula is C13H17NO3. The molecule has 0 bridgehead atoms. The van der Waals surface area contributed by atoms with Gasteiger partial charge in [-0.1, -0.05) is 12.1 Å². The van der Waals surface area contributed by atoms with Gasteiger partial charge in [0.15, 0.2) is 0 Å². The van der Waals surface area contributed by atoms with Gasteiger partial charge in [-0.2, -0.15) is 0 Å². The van der Waals surface area contributed by atoms with E-state index in [1.165, 1.54) is 0 Å². The van der Waals surface area contributed by atoms with Crippen molar-refractivity contribution in [3.05, 3.63) is 35.4 Å². The van der Waals surface area contributed by atoms with Gasteiger partial charge in [-0.05, 0) is 30.5 Å². The summed E-state index contributed by atoms with van der Waals surface area (Å²) in [7, 11) is 0. The Kier molecular flexibility index (Phi) is 4.12. The summed E-state index contributed by atoms with van der Waals surface area (Å²) < 4.78 is 5.38. The van der Waals surface area contributed by atoms with Crippen molar-refractivity contribution in [1.29, 1.82) is 0 Å². The lowest BCUT2D eigenvalue weighted by molar-refractivity contribution is 0.0697. The predicted octanol–water partition coefficient (Wildman–Crippen LogP) is 1.65. The fourth-order valence-corrected chi connectivity index (χ4v) is 1.93. The molecule has 4 nitrogen and oxygen atoms in total. The smallest absolute Gasteiger partial charge is 0.335 e. The van der Waals surface area contributed by atoms with Gasteiger partial charge in [-0.15, -0.1) is 0 Å². The Hall–Kier alpha value is -1.39. The molecule has 0 radical (unpaired) electrons. The first-order chi connectivity index (χ1) is 8.25. The molecular weight excluding hydrogens is 218 g/mol. The molecule has 0 spiro atoms. The SMILES string of the molecule is O=C(O)c1ccc(CNC2CCCOC2)cc1. The van der Waals surface area contributed by atoms with E-state index in [1.54, 1.807) is 12.1 Å². The zero-order chi connectivity index (χ0) is 12.1. The zero-order valence-corrected chi connectivity index (χ0v) is 9.69. The van der Waals surface area contributed by atoms with E-state index in [4.69, 9.17) is 9.84 Å². The second-order valence-corrected chi connectivity index (χ2v) is 4.30. The van der Waals surface area contributed by atoms with Crippen LogP contribution in [-0.4, -0.2) is 30.3 Å². The molecule has 1 saturated heterocycles. The maximum Gasteiger partial charge on any atom is 0.335 e. The van der Waals surface area contributed by atoms with Crippen LogP contribution in [0.15, 0.2) is 24.3 Å². The van der Waals surface area contributed by atoms with Crippen LogP contribution in [0.4, 0.5) is 0 Å².